The zero-order valence-electron chi connectivity index (χ0n) is 17.5. The van der Waals surface area contributed by atoms with E-state index in [0.717, 1.165) is 0 Å². The highest BCUT2D eigenvalue weighted by Gasteiger charge is 2.07. The van der Waals surface area contributed by atoms with Gasteiger partial charge in [-0.15, -0.1) is 0 Å². The Hall–Kier alpha value is -4.65. The van der Waals surface area contributed by atoms with Crippen molar-refractivity contribution in [2.75, 3.05) is 0 Å². The van der Waals surface area contributed by atoms with Crippen LogP contribution in [0.3, 0.4) is 0 Å². The summed E-state index contributed by atoms with van der Waals surface area (Å²) in [6.45, 7) is 0. The molecule has 0 saturated heterocycles. The Kier molecular flexibility index (Phi) is 16.1. The third-order valence-electron chi connectivity index (χ3n) is 3.40. The first-order valence-corrected chi connectivity index (χ1v) is 8.19. The number of rotatable bonds is 3. The molecule has 0 fully saturated rings. The highest BCUT2D eigenvalue weighted by atomic mass is 16.4. The molecular formula is C21H27N3O9. The van der Waals surface area contributed by atoms with Gasteiger partial charge in [0.05, 0.1) is 0 Å². The number of phenols is 3. The van der Waals surface area contributed by atoms with E-state index in [1.807, 2.05) is 0 Å². The summed E-state index contributed by atoms with van der Waals surface area (Å²) in [6, 6.07) is 17.4. The van der Waals surface area contributed by atoms with E-state index in [0.29, 0.717) is 0 Å². The first-order valence-electron chi connectivity index (χ1n) is 8.19. The van der Waals surface area contributed by atoms with Crippen molar-refractivity contribution in [3.8, 4) is 17.2 Å². The Labute approximate surface area is 188 Å². The normalized spacial score (nSPS) is 8.36. The number of aromatic carboxylic acids is 3. The first-order chi connectivity index (χ1) is 14.1. The minimum atomic E-state index is -1.11. The minimum absolute atomic E-state index is 0. The Morgan fingerprint density at radius 2 is 0.606 bits per heavy atom. The van der Waals surface area contributed by atoms with Crippen molar-refractivity contribution >= 4 is 17.9 Å². The van der Waals surface area contributed by atoms with Gasteiger partial charge in [0, 0.05) is 0 Å². The summed E-state index contributed by atoms with van der Waals surface area (Å²) in [7, 11) is 0. The number of hydrogen-bond acceptors (Lipinski definition) is 9. The van der Waals surface area contributed by atoms with E-state index in [-0.39, 0.29) is 52.4 Å². The molecule has 0 heterocycles. The van der Waals surface area contributed by atoms with Crippen LogP contribution in [0.15, 0.2) is 72.8 Å². The van der Waals surface area contributed by atoms with Crippen molar-refractivity contribution in [1.29, 1.82) is 0 Å². The highest BCUT2D eigenvalue weighted by molar-refractivity contribution is 5.91. The number of aromatic hydroxyl groups is 3. The maximum Gasteiger partial charge on any atom is 0.339 e. The molecule has 0 saturated carbocycles. The SMILES string of the molecule is N.N.N.O=C(O)c1ccccc1O.O=C(O)c1ccccc1O.O=C(O)c1ccccc1O. The van der Waals surface area contributed by atoms with Gasteiger partial charge in [-0.2, -0.15) is 0 Å². The predicted molar refractivity (Wildman–Crippen MR) is 120 cm³/mol. The number of hydrogen-bond donors (Lipinski definition) is 9. The van der Waals surface area contributed by atoms with Gasteiger partial charge in [0.2, 0.25) is 0 Å². The third-order valence-corrected chi connectivity index (χ3v) is 3.40. The monoisotopic (exact) mass is 465 g/mol. The van der Waals surface area contributed by atoms with Gasteiger partial charge < -0.3 is 49.1 Å². The van der Waals surface area contributed by atoms with Gasteiger partial charge in [-0.25, -0.2) is 14.4 Å². The van der Waals surface area contributed by atoms with E-state index in [2.05, 4.69) is 0 Å². The lowest BCUT2D eigenvalue weighted by atomic mass is 10.2. The molecule has 33 heavy (non-hydrogen) atoms. The molecule has 0 aliphatic rings. The molecule has 0 atom stereocenters. The molecule has 0 aliphatic carbocycles. The van der Waals surface area contributed by atoms with Crippen LogP contribution in [-0.2, 0) is 0 Å². The zero-order valence-corrected chi connectivity index (χ0v) is 17.5. The molecular weight excluding hydrogens is 438 g/mol. The van der Waals surface area contributed by atoms with Crippen molar-refractivity contribution in [2.45, 2.75) is 0 Å². The Bertz CT molecular complexity index is 911. The number of carboxylic acids is 3. The zero-order chi connectivity index (χ0) is 22.7. The molecule has 3 aromatic carbocycles. The molecule has 0 aliphatic heterocycles. The fourth-order valence-electron chi connectivity index (χ4n) is 1.96. The number of para-hydroxylation sites is 3. The summed E-state index contributed by atoms with van der Waals surface area (Å²) in [6.07, 6.45) is 0. The van der Waals surface area contributed by atoms with Crippen molar-refractivity contribution in [3.63, 3.8) is 0 Å². The maximum atomic E-state index is 10.3. The van der Waals surface area contributed by atoms with Gasteiger partial charge in [-0.05, 0) is 36.4 Å². The molecule has 0 spiro atoms. The van der Waals surface area contributed by atoms with Gasteiger partial charge in [0.25, 0.3) is 0 Å². The van der Waals surface area contributed by atoms with Crippen LogP contribution in [-0.4, -0.2) is 48.5 Å². The second kappa shape index (κ2) is 16.1. The molecule has 3 aromatic rings. The van der Waals surface area contributed by atoms with E-state index in [9.17, 15) is 14.4 Å². The smallest absolute Gasteiger partial charge is 0.339 e. The maximum absolute atomic E-state index is 10.3. The quantitative estimate of drug-likeness (QED) is 0.267. The van der Waals surface area contributed by atoms with E-state index in [1.165, 1.54) is 36.4 Å². The Morgan fingerprint density at radius 1 is 0.424 bits per heavy atom. The topological polar surface area (TPSA) is 278 Å². The second-order valence-electron chi connectivity index (χ2n) is 5.47. The standard InChI is InChI=1S/3C7H6O3.3H3N/c3*8-6-4-2-1-3-5(6)7(9)10;;;/h3*1-4,8H,(H,9,10);3*1H3. The van der Waals surface area contributed by atoms with Gasteiger partial charge in [0.1, 0.15) is 33.9 Å². The largest absolute Gasteiger partial charge is 0.507 e. The summed E-state index contributed by atoms with van der Waals surface area (Å²) in [5.41, 5.74) is -0.201. The number of carbonyl (C=O) groups is 3. The summed E-state index contributed by atoms with van der Waals surface area (Å²) >= 11 is 0. The molecule has 0 radical (unpaired) electrons. The molecule has 3 rings (SSSR count). The average molecular weight is 465 g/mol. The highest BCUT2D eigenvalue weighted by Crippen LogP contribution is 2.15. The molecule has 0 amide bonds. The van der Waals surface area contributed by atoms with Crippen molar-refractivity contribution in [1.82, 2.24) is 18.5 Å². The van der Waals surface area contributed by atoms with E-state index >= 15 is 0 Å². The summed E-state index contributed by atoms with van der Waals surface area (Å²) in [4.78, 5) is 30.8. The first kappa shape index (κ1) is 33.0. The minimum Gasteiger partial charge on any atom is -0.507 e. The van der Waals surface area contributed by atoms with Crippen LogP contribution in [0.25, 0.3) is 0 Å². The lowest BCUT2D eigenvalue weighted by Crippen LogP contribution is -1.95. The van der Waals surface area contributed by atoms with E-state index in [4.69, 9.17) is 30.6 Å². The molecule has 0 unspecified atom stereocenters. The molecule has 15 N–H and O–H groups in total. The fraction of sp³-hybridized carbons (Fsp3) is 0. The lowest BCUT2D eigenvalue weighted by Gasteiger charge is -1.95. The van der Waals surface area contributed by atoms with Crippen LogP contribution in [0.4, 0.5) is 0 Å². The van der Waals surface area contributed by atoms with Crippen LogP contribution in [0.1, 0.15) is 31.1 Å². The van der Waals surface area contributed by atoms with Crippen molar-refractivity contribution in [2.24, 2.45) is 0 Å². The number of benzene rings is 3. The van der Waals surface area contributed by atoms with Gasteiger partial charge in [-0.3, -0.25) is 0 Å². The Balaban J connectivity index is -0.000000391. The molecule has 0 aromatic heterocycles. The predicted octanol–water partition coefficient (Wildman–Crippen LogP) is 3.76. The average Bonchev–Trinajstić information content (AvgIpc) is 2.69. The van der Waals surface area contributed by atoms with Crippen molar-refractivity contribution in [3.05, 3.63) is 89.5 Å². The van der Waals surface area contributed by atoms with Crippen molar-refractivity contribution < 1.29 is 45.0 Å². The van der Waals surface area contributed by atoms with Gasteiger partial charge >= 0.3 is 17.9 Å². The van der Waals surface area contributed by atoms with Crippen LogP contribution < -0.4 is 18.5 Å². The molecule has 12 nitrogen and oxygen atoms in total. The Morgan fingerprint density at radius 3 is 0.727 bits per heavy atom. The van der Waals surface area contributed by atoms with Crippen LogP contribution in [0, 0.1) is 0 Å². The second-order valence-corrected chi connectivity index (χ2v) is 5.47. The summed E-state index contributed by atoms with van der Waals surface area (Å²) in [5.74, 6) is -3.94. The molecule has 180 valence electrons. The lowest BCUT2D eigenvalue weighted by molar-refractivity contribution is 0.0682. The van der Waals surface area contributed by atoms with Gasteiger partial charge in [0.15, 0.2) is 0 Å². The number of carboxylic acid groups (broad SMARTS) is 3. The van der Waals surface area contributed by atoms with Crippen LogP contribution in [0.2, 0.25) is 0 Å². The van der Waals surface area contributed by atoms with Crippen LogP contribution in [0.5, 0.6) is 17.2 Å². The van der Waals surface area contributed by atoms with E-state index in [1.54, 1.807) is 36.4 Å². The third kappa shape index (κ3) is 10.8. The molecule has 0 bridgehead atoms. The fourth-order valence-corrected chi connectivity index (χ4v) is 1.96. The molecule has 12 heteroatoms. The van der Waals surface area contributed by atoms with E-state index < -0.39 is 17.9 Å². The van der Waals surface area contributed by atoms with Crippen LogP contribution >= 0.6 is 0 Å². The summed E-state index contributed by atoms with van der Waals surface area (Å²) < 4.78 is 0. The van der Waals surface area contributed by atoms with Gasteiger partial charge in [-0.1, -0.05) is 36.4 Å². The summed E-state index contributed by atoms with van der Waals surface area (Å²) in [5, 5.41) is 51.9.